The summed E-state index contributed by atoms with van der Waals surface area (Å²) in [6.07, 6.45) is 1.47. The van der Waals surface area contributed by atoms with Crippen molar-refractivity contribution in [2.24, 2.45) is 10.1 Å². The van der Waals surface area contributed by atoms with E-state index in [1.165, 1.54) is 23.6 Å². The number of hydrogen-bond acceptors (Lipinski definition) is 6. The van der Waals surface area contributed by atoms with Crippen LogP contribution in [0.25, 0.3) is 22.4 Å². The average Bonchev–Trinajstić information content (AvgIpc) is 3.26. The zero-order valence-electron chi connectivity index (χ0n) is 13.8. The Morgan fingerprint density at radius 3 is 2.77 bits per heavy atom. The summed E-state index contributed by atoms with van der Waals surface area (Å²) in [6.45, 7) is 0. The van der Waals surface area contributed by atoms with E-state index < -0.39 is 0 Å². The normalized spacial score (nSPS) is 12.4. The number of aromatic nitrogens is 1. The van der Waals surface area contributed by atoms with Crippen LogP contribution in [0.15, 0.2) is 68.4 Å². The third-order valence-electron chi connectivity index (χ3n) is 3.91. The van der Waals surface area contributed by atoms with Gasteiger partial charge >= 0.3 is 0 Å². The van der Waals surface area contributed by atoms with Crippen LogP contribution in [0.2, 0.25) is 0 Å². The van der Waals surface area contributed by atoms with Crippen molar-refractivity contribution in [2.75, 3.05) is 7.05 Å². The highest BCUT2D eigenvalue weighted by atomic mass is 32.1. The molecular formula is C19H15N3O3S. The van der Waals surface area contributed by atoms with E-state index in [0.717, 1.165) is 16.7 Å². The van der Waals surface area contributed by atoms with Crippen molar-refractivity contribution in [1.29, 1.82) is 0 Å². The average molecular weight is 365 g/mol. The van der Waals surface area contributed by atoms with Gasteiger partial charge in [-0.1, -0.05) is 24.3 Å². The number of benzene rings is 2. The summed E-state index contributed by atoms with van der Waals surface area (Å²) in [4.78, 5) is 4.91. The lowest BCUT2D eigenvalue weighted by Crippen LogP contribution is -2.11. The number of para-hydroxylation sites is 2. The zero-order chi connectivity index (χ0) is 18.1. The predicted molar refractivity (Wildman–Crippen MR) is 102 cm³/mol. The molecule has 7 heteroatoms. The number of phenols is 2. The highest BCUT2D eigenvalue weighted by molar-refractivity contribution is 7.07. The fourth-order valence-corrected chi connectivity index (χ4v) is 3.40. The Hall–Kier alpha value is -3.32. The molecule has 0 aliphatic carbocycles. The quantitative estimate of drug-likeness (QED) is 0.428. The second kappa shape index (κ2) is 6.53. The molecule has 0 aliphatic rings. The lowest BCUT2D eigenvalue weighted by atomic mass is 10.2. The lowest BCUT2D eigenvalue weighted by Gasteiger charge is -2.02. The van der Waals surface area contributed by atoms with Crippen molar-refractivity contribution >= 4 is 28.5 Å². The van der Waals surface area contributed by atoms with Crippen molar-refractivity contribution in [1.82, 2.24) is 4.68 Å². The molecule has 2 N–H and O–H groups in total. The molecular weight excluding hydrogens is 350 g/mol. The molecule has 0 unspecified atom stereocenters. The van der Waals surface area contributed by atoms with Gasteiger partial charge in [-0.3, -0.25) is 4.99 Å². The van der Waals surface area contributed by atoms with E-state index >= 15 is 0 Å². The van der Waals surface area contributed by atoms with Crippen molar-refractivity contribution in [3.63, 3.8) is 0 Å². The number of phenolic OH excluding ortho intramolecular Hbond substituents is 2. The van der Waals surface area contributed by atoms with Gasteiger partial charge in [-0.15, -0.1) is 11.3 Å². The molecule has 0 amide bonds. The van der Waals surface area contributed by atoms with Gasteiger partial charge in [0.25, 0.3) is 0 Å². The van der Waals surface area contributed by atoms with E-state index in [2.05, 4.69) is 10.1 Å². The zero-order valence-corrected chi connectivity index (χ0v) is 14.6. The van der Waals surface area contributed by atoms with E-state index in [1.807, 2.05) is 35.7 Å². The third-order valence-corrected chi connectivity index (χ3v) is 4.82. The molecule has 0 fully saturated rings. The Morgan fingerprint density at radius 1 is 1.12 bits per heavy atom. The first kappa shape index (κ1) is 16.2. The molecule has 2 aromatic heterocycles. The van der Waals surface area contributed by atoms with Crippen LogP contribution in [0, 0.1) is 0 Å². The van der Waals surface area contributed by atoms with Gasteiger partial charge in [0, 0.05) is 23.4 Å². The van der Waals surface area contributed by atoms with E-state index in [1.54, 1.807) is 23.9 Å². The molecule has 2 heterocycles. The molecule has 6 nitrogen and oxygen atoms in total. The SMILES string of the molecule is CN=c1scc(-c2cc3ccccc3o2)n1N=Cc1cccc(O)c1O. The molecule has 0 radical (unpaired) electrons. The fourth-order valence-electron chi connectivity index (χ4n) is 2.61. The van der Waals surface area contributed by atoms with E-state index in [4.69, 9.17) is 4.42 Å². The van der Waals surface area contributed by atoms with Gasteiger partial charge in [0.15, 0.2) is 17.3 Å². The number of fused-ring (bicyclic) bond motifs is 1. The minimum Gasteiger partial charge on any atom is -0.504 e. The number of furan rings is 1. The maximum absolute atomic E-state index is 9.94. The van der Waals surface area contributed by atoms with Gasteiger partial charge in [0.05, 0.1) is 6.21 Å². The van der Waals surface area contributed by atoms with Gasteiger partial charge in [0.2, 0.25) is 4.80 Å². The van der Waals surface area contributed by atoms with Gasteiger partial charge in [0.1, 0.15) is 11.3 Å². The monoisotopic (exact) mass is 365 g/mol. The maximum atomic E-state index is 9.94. The molecule has 4 aromatic rings. The van der Waals surface area contributed by atoms with Crippen LogP contribution in [-0.2, 0) is 0 Å². The molecule has 130 valence electrons. The number of aromatic hydroxyl groups is 2. The second-order valence-electron chi connectivity index (χ2n) is 5.55. The lowest BCUT2D eigenvalue weighted by molar-refractivity contribution is 0.403. The Balaban J connectivity index is 1.82. The van der Waals surface area contributed by atoms with Crippen molar-refractivity contribution in [3.8, 4) is 23.0 Å². The van der Waals surface area contributed by atoms with Gasteiger partial charge in [-0.25, -0.2) is 4.68 Å². The van der Waals surface area contributed by atoms with Gasteiger partial charge in [-0.05, 0) is 24.3 Å². The van der Waals surface area contributed by atoms with Crippen molar-refractivity contribution in [3.05, 3.63) is 64.3 Å². The fraction of sp³-hybridized carbons (Fsp3) is 0.0526. The molecule has 0 bridgehead atoms. The van der Waals surface area contributed by atoms with E-state index in [9.17, 15) is 10.2 Å². The van der Waals surface area contributed by atoms with Crippen LogP contribution in [0.5, 0.6) is 11.5 Å². The van der Waals surface area contributed by atoms with Crippen LogP contribution >= 0.6 is 11.3 Å². The molecule has 0 saturated heterocycles. The molecule has 2 aromatic carbocycles. The number of thiazole rings is 1. The number of nitrogens with zero attached hydrogens (tertiary/aromatic N) is 3. The van der Waals surface area contributed by atoms with E-state index in [0.29, 0.717) is 16.1 Å². The Labute approximate surface area is 152 Å². The Kier molecular flexibility index (Phi) is 4.06. The summed E-state index contributed by atoms with van der Waals surface area (Å²) >= 11 is 1.43. The van der Waals surface area contributed by atoms with Crippen molar-refractivity contribution < 1.29 is 14.6 Å². The summed E-state index contributed by atoms with van der Waals surface area (Å²) in [6, 6.07) is 14.4. The minimum absolute atomic E-state index is 0.192. The standard InChI is InChI=1S/C19H15N3O3S/c1-20-19-22(21-10-13-6-4-7-15(23)18(13)24)14(11-26-19)17-9-12-5-2-3-8-16(12)25-17/h2-11,23-24H,1H3. The van der Waals surface area contributed by atoms with Crippen molar-refractivity contribution in [2.45, 2.75) is 0 Å². The maximum Gasteiger partial charge on any atom is 0.206 e. The number of hydrogen-bond donors (Lipinski definition) is 2. The molecule has 4 rings (SSSR count). The smallest absolute Gasteiger partial charge is 0.206 e. The summed E-state index contributed by atoms with van der Waals surface area (Å²) in [7, 11) is 1.69. The highest BCUT2D eigenvalue weighted by Gasteiger charge is 2.12. The second-order valence-corrected chi connectivity index (χ2v) is 6.38. The molecule has 0 atom stereocenters. The molecule has 0 saturated carbocycles. The van der Waals surface area contributed by atoms with Gasteiger partial charge < -0.3 is 14.6 Å². The summed E-state index contributed by atoms with van der Waals surface area (Å²) in [5.74, 6) is 0.268. The molecule has 0 aliphatic heterocycles. The largest absolute Gasteiger partial charge is 0.504 e. The first-order valence-electron chi connectivity index (χ1n) is 7.85. The van der Waals surface area contributed by atoms with Crippen LogP contribution < -0.4 is 4.80 Å². The summed E-state index contributed by atoms with van der Waals surface area (Å²) < 4.78 is 7.57. The first-order valence-corrected chi connectivity index (χ1v) is 8.73. The highest BCUT2D eigenvalue weighted by Crippen LogP contribution is 2.29. The topological polar surface area (TPSA) is 83.2 Å². The summed E-state index contributed by atoms with van der Waals surface area (Å²) in [5, 5.41) is 26.9. The predicted octanol–water partition coefficient (Wildman–Crippen LogP) is 3.79. The Morgan fingerprint density at radius 2 is 1.96 bits per heavy atom. The van der Waals surface area contributed by atoms with Crippen LogP contribution in [0.4, 0.5) is 0 Å². The number of rotatable bonds is 3. The molecule has 26 heavy (non-hydrogen) atoms. The van der Waals surface area contributed by atoms with Crippen LogP contribution in [0.1, 0.15) is 5.56 Å². The first-order chi connectivity index (χ1) is 12.7. The van der Waals surface area contributed by atoms with Crippen LogP contribution in [0.3, 0.4) is 0 Å². The van der Waals surface area contributed by atoms with E-state index in [-0.39, 0.29) is 11.5 Å². The molecule has 0 spiro atoms. The minimum atomic E-state index is -0.215. The van der Waals surface area contributed by atoms with Gasteiger partial charge in [-0.2, -0.15) is 5.10 Å². The summed E-state index contributed by atoms with van der Waals surface area (Å²) in [5.41, 5.74) is 1.95. The Bertz CT molecular complexity index is 1150. The third kappa shape index (κ3) is 2.78. The van der Waals surface area contributed by atoms with Crippen LogP contribution in [-0.4, -0.2) is 28.2 Å².